The first kappa shape index (κ1) is 10.6. The van der Waals surface area contributed by atoms with Crippen molar-refractivity contribution < 1.29 is 4.79 Å². The van der Waals surface area contributed by atoms with Crippen LogP contribution in [0.3, 0.4) is 0 Å². The monoisotopic (exact) mass is 221 g/mol. The van der Waals surface area contributed by atoms with Crippen LogP contribution < -0.4 is 5.32 Å². The van der Waals surface area contributed by atoms with E-state index < -0.39 is 0 Å². The van der Waals surface area contributed by atoms with E-state index in [0.29, 0.717) is 17.2 Å². The van der Waals surface area contributed by atoms with Gasteiger partial charge in [0.2, 0.25) is 5.91 Å². The highest BCUT2D eigenvalue weighted by molar-refractivity contribution is 5.79. The number of fused-ring (bicyclic) bond motifs is 1. The molecule has 3 aliphatic rings. The Hall–Kier alpha value is -0.530. The van der Waals surface area contributed by atoms with E-state index in [0.717, 1.165) is 18.4 Å². The normalized spacial score (nSPS) is 39.4. The van der Waals surface area contributed by atoms with Crippen LogP contribution in [-0.2, 0) is 4.79 Å². The molecule has 0 aromatic carbocycles. The summed E-state index contributed by atoms with van der Waals surface area (Å²) in [6.07, 6.45) is 9.04. The molecule has 90 valence electrons. The van der Waals surface area contributed by atoms with E-state index in [4.69, 9.17) is 0 Å². The predicted octanol–water partition coefficient (Wildman–Crippen LogP) is 2.73. The molecule has 0 heterocycles. The van der Waals surface area contributed by atoms with E-state index in [-0.39, 0.29) is 0 Å². The van der Waals surface area contributed by atoms with Crippen molar-refractivity contribution in [2.45, 2.75) is 51.9 Å². The summed E-state index contributed by atoms with van der Waals surface area (Å²) >= 11 is 0. The summed E-state index contributed by atoms with van der Waals surface area (Å²) in [6.45, 7) is 3.24. The Morgan fingerprint density at radius 2 is 1.81 bits per heavy atom. The van der Waals surface area contributed by atoms with E-state index in [9.17, 15) is 4.79 Å². The standard InChI is InChI=1S/C14H23NO/c1-14(4-2-3-5-14)9-15-13(16)12-7-10-6-11(10)8-12/h10-12H,2-9H2,1H3,(H,15,16). The van der Waals surface area contributed by atoms with Crippen LogP contribution in [0, 0.1) is 23.2 Å². The Morgan fingerprint density at radius 3 is 2.44 bits per heavy atom. The molecule has 2 heteroatoms. The van der Waals surface area contributed by atoms with Gasteiger partial charge in [0, 0.05) is 12.5 Å². The number of carbonyl (C=O) groups is 1. The van der Waals surface area contributed by atoms with Crippen molar-refractivity contribution in [2.24, 2.45) is 23.2 Å². The highest BCUT2D eigenvalue weighted by Gasteiger charge is 2.48. The van der Waals surface area contributed by atoms with Gasteiger partial charge in [-0.25, -0.2) is 0 Å². The molecule has 2 atom stereocenters. The number of amides is 1. The van der Waals surface area contributed by atoms with E-state index in [1.165, 1.54) is 44.9 Å². The lowest BCUT2D eigenvalue weighted by Gasteiger charge is -2.24. The average Bonchev–Trinajstić information content (AvgIpc) is 2.71. The van der Waals surface area contributed by atoms with Crippen molar-refractivity contribution in [3.05, 3.63) is 0 Å². The van der Waals surface area contributed by atoms with Crippen molar-refractivity contribution in [3.8, 4) is 0 Å². The van der Waals surface area contributed by atoms with Crippen molar-refractivity contribution in [3.63, 3.8) is 0 Å². The van der Waals surface area contributed by atoms with Gasteiger partial charge < -0.3 is 5.32 Å². The molecule has 3 rings (SSSR count). The summed E-state index contributed by atoms with van der Waals surface area (Å²) in [5.74, 6) is 2.53. The lowest BCUT2D eigenvalue weighted by molar-refractivity contribution is -0.125. The zero-order valence-electron chi connectivity index (χ0n) is 10.3. The molecule has 3 saturated carbocycles. The minimum absolute atomic E-state index is 0.348. The van der Waals surface area contributed by atoms with Gasteiger partial charge in [0.1, 0.15) is 0 Å². The van der Waals surface area contributed by atoms with E-state index in [1.54, 1.807) is 0 Å². The van der Waals surface area contributed by atoms with Crippen LogP contribution in [0.4, 0.5) is 0 Å². The van der Waals surface area contributed by atoms with Crippen LogP contribution in [0.5, 0.6) is 0 Å². The largest absolute Gasteiger partial charge is 0.355 e. The summed E-state index contributed by atoms with van der Waals surface area (Å²) in [4.78, 5) is 12.0. The SMILES string of the molecule is CC1(CNC(=O)C2CC3CC3C2)CCCC1. The number of rotatable bonds is 3. The predicted molar refractivity (Wildman–Crippen MR) is 63.9 cm³/mol. The molecule has 1 N–H and O–H groups in total. The molecule has 0 aromatic heterocycles. The molecule has 0 aromatic rings. The second-order valence-corrected chi connectivity index (χ2v) is 6.66. The third kappa shape index (κ3) is 1.99. The quantitative estimate of drug-likeness (QED) is 0.780. The molecule has 3 aliphatic carbocycles. The first-order valence-electron chi connectivity index (χ1n) is 6.94. The summed E-state index contributed by atoms with van der Waals surface area (Å²) in [6, 6.07) is 0. The fourth-order valence-corrected chi connectivity index (χ4v) is 3.78. The first-order valence-corrected chi connectivity index (χ1v) is 6.94. The average molecular weight is 221 g/mol. The summed E-state index contributed by atoms with van der Waals surface area (Å²) in [5.41, 5.74) is 0.400. The van der Waals surface area contributed by atoms with E-state index in [2.05, 4.69) is 12.2 Å². The highest BCUT2D eigenvalue weighted by Crippen LogP contribution is 2.54. The molecular formula is C14H23NO. The molecule has 0 bridgehead atoms. The van der Waals surface area contributed by atoms with E-state index in [1.807, 2.05) is 0 Å². The second-order valence-electron chi connectivity index (χ2n) is 6.66. The van der Waals surface area contributed by atoms with Crippen molar-refractivity contribution in [1.29, 1.82) is 0 Å². The minimum atomic E-state index is 0.348. The maximum Gasteiger partial charge on any atom is 0.223 e. The van der Waals surface area contributed by atoms with Gasteiger partial charge in [0.25, 0.3) is 0 Å². The van der Waals surface area contributed by atoms with Gasteiger partial charge in [0.05, 0.1) is 0 Å². The summed E-state index contributed by atoms with van der Waals surface area (Å²) in [5, 5.41) is 3.21. The molecule has 0 saturated heterocycles. The van der Waals surface area contributed by atoms with Gasteiger partial charge in [0.15, 0.2) is 0 Å². The van der Waals surface area contributed by atoms with Gasteiger partial charge >= 0.3 is 0 Å². The number of carbonyl (C=O) groups excluding carboxylic acids is 1. The Bertz CT molecular complexity index is 283. The fourth-order valence-electron chi connectivity index (χ4n) is 3.78. The van der Waals surface area contributed by atoms with Crippen LogP contribution in [0.25, 0.3) is 0 Å². The lowest BCUT2D eigenvalue weighted by Crippen LogP contribution is -2.37. The van der Waals surface area contributed by atoms with Crippen LogP contribution in [0.1, 0.15) is 51.9 Å². The molecule has 1 amide bonds. The van der Waals surface area contributed by atoms with Gasteiger partial charge in [-0.05, 0) is 49.4 Å². The van der Waals surface area contributed by atoms with Crippen LogP contribution >= 0.6 is 0 Å². The topological polar surface area (TPSA) is 29.1 Å². The van der Waals surface area contributed by atoms with Gasteiger partial charge in [-0.15, -0.1) is 0 Å². The minimum Gasteiger partial charge on any atom is -0.355 e. The number of nitrogens with one attached hydrogen (secondary N) is 1. The van der Waals surface area contributed by atoms with Gasteiger partial charge in [-0.2, -0.15) is 0 Å². The maximum absolute atomic E-state index is 12.0. The Morgan fingerprint density at radius 1 is 1.19 bits per heavy atom. The first-order chi connectivity index (χ1) is 7.66. The zero-order valence-corrected chi connectivity index (χ0v) is 10.3. The van der Waals surface area contributed by atoms with Crippen LogP contribution in [0.15, 0.2) is 0 Å². The molecule has 0 spiro atoms. The second kappa shape index (κ2) is 3.75. The Kier molecular flexibility index (Phi) is 2.49. The maximum atomic E-state index is 12.0. The van der Waals surface area contributed by atoms with Gasteiger partial charge in [-0.3, -0.25) is 4.79 Å². The Balaban J connectivity index is 1.46. The van der Waals surface area contributed by atoms with Crippen LogP contribution in [0.2, 0.25) is 0 Å². The third-order valence-electron chi connectivity index (χ3n) is 5.11. The van der Waals surface area contributed by atoms with Crippen molar-refractivity contribution >= 4 is 5.91 Å². The molecule has 16 heavy (non-hydrogen) atoms. The van der Waals surface area contributed by atoms with Crippen molar-refractivity contribution in [2.75, 3.05) is 6.54 Å². The zero-order chi connectivity index (χ0) is 11.2. The molecule has 2 unspecified atom stereocenters. The molecule has 0 aliphatic heterocycles. The number of hydrogen-bond acceptors (Lipinski definition) is 1. The summed E-state index contributed by atoms with van der Waals surface area (Å²) < 4.78 is 0. The summed E-state index contributed by atoms with van der Waals surface area (Å²) in [7, 11) is 0. The third-order valence-corrected chi connectivity index (χ3v) is 5.11. The molecule has 2 nitrogen and oxygen atoms in total. The van der Waals surface area contributed by atoms with Crippen molar-refractivity contribution in [1.82, 2.24) is 5.32 Å². The Labute approximate surface area is 98.2 Å². The molecule has 3 fully saturated rings. The highest BCUT2D eigenvalue weighted by atomic mass is 16.1. The fraction of sp³-hybridized carbons (Fsp3) is 0.929. The number of hydrogen-bond donors (Lipinski definition) is 1. The molecule has 0 radical (unpaired) electrons. The van der Waals surface area contributed by atoms with Crippen LogP contribution in [-0.4, -0.2) is 12.5 Å². The lowest BCUT2D eigenvalue weighted by atomic mass is 9.88. The van der Waals surface area contributed by atoms with Gasteiger partial charge in [-0.1, -0.05) is 19.8 Å². The van der Waals surface area contributed by atoms with E-state index >= 15 is 0 Å². The molecular weight excluding hydrogens is 198 g/mol. The smallest absolute Gasteiger partial charge is 0.223 e.